The molecule has 4 aromatic heterocycles. The van der Waals surface area contributed by atoms with Crippen LogP contribution in [0.3, 0.4) is 0 Å². The minimum atomic E-state index is -2.60. The highest BCUT2D eigenvalue weighted by molar-refractivity contribution is 5.94. The molecule has 3 atom stereocenters. The molecule has 0 spiro atoms. The average Bonchev–Trinajstić information content (AvgIpc) is 3.52. The Morgan fingerprint density at radius 3 is 2.76 bits per heavy atom. The Bertz CT molecular complexity index is 1420. The smallest absolute Gasteiger partial charge is 0.257 e. The molecule has 4 heterocycles. The largest absolute Gasteiger partial charge is 0.385 e. The number of amides is 1. The number of aliphatic hydroxyl groups is 1. The molecule has 0 aliphatic heterocycles. The van der Waals surface area contributed by atoms with E-state index in [4.69, 9.17) is 5.26 Å². The summed E-state index contributed by atoms with van der Waals surface area (Å²) in [7, 11) is 0. The number of fused-ring (bicyclic) bond motifs is 1. The van der Waals surface area contributed by atoms with Gasteiger partial charge in [0.25, 0.3) is 12.3 Å². The van der Waals surface area contributed by atoms with Crippen LogP contribution in [0.4, 0.5) is 18.9 Å². The third-order valence-corrected chi connectivity index (χ3v) is 5.54. The van der Waals surface area contributed by atoms with E-state index >= 15 is 4.39 Å². The Balaban J connectivity index is 1.61. The fourth-order valence-corrected chi connectivity index (χ4v) is 3.62. The van der Waals surface area contributed by atoms with Crippen LogP contribution in [-0.4, -0.2) is 65.1 Å². The van der Waals surface area contributed by atoms with E-state index < -0.39 is 36.7 Å². The highest BCUT2D eigenvalue weighted by Crippen LogP contribution is 2.29. The second-order valence-electron chi connectivity index (χ2n) is 8.46. The van der Waals surface area contributed by atoms with E-state index in [-0.39, 0.29) is 29.0 Å². The van der Waals surface area contributed by atoms with Crippen LogP contribution in [0, 0.1) is 11.3 Å². The van der Waals surface area contributed by atoms with Gasteiger partial charge in [0.05, 0.1) is 41.1 Å². The quantitative estimate of drug-likeness (QED) is 0.292. The van der Waals surface area contributed by atoms with Gasteiger partial charge in [-0.1, -0.05) is 0 Å². The molecule has 14 heteroatoms. The molecule has 0 aliphatic carbocycles. The summed E-state index contributed by atoms with van der Waals surface area (Å²) in [5, 5.41) is 33.5. The number of alkyl halides is 3. The Labute approximate surface area is 208 Å². The Hall–Kier alpha value is -4.51. The lowest BCUT2D eigenvalue weighted by Gasteiger charge is -2.33. The second kappa shape index (κ2) is 10.6. The number of hydrogen-bond acceptors (Lipinski definition) is 8. The molecule has 0 aliphatic rings. The van der Waals surface area contributed by atoms with Gasteiger partial charge in [-0.3, -0.25) is 14.5 Å². The van der Waals surface area contributed by atoms with E-state index in [1.54, 1.807) is 6.07 Å². The van der Waals surface area contributed by atoms with Gasteiger partial charge in [0.2, 0.25) is 0 Å². The summed E-state index contributed by atoms with van der Waals surface area (Å²) in [6.07, 6.45) is 3.22. The number of rotatable bonds is 10. The Kier molecular flexibility index (Phi) is 7.35. The van der Waals surface area contributed by atoms with Crippen LogP contribution < -0.4 is 10.6 Å². The predicted octanol–water partition coefficient (Wildman–Crippen LogP) is 2.13. The summed E-state index contributed by atoms with van der Waals surface area (Å²) < 4.78 is 43.5. The minimum Gasteiger partial charge on any atom is -0.385 e. The molecule has 0 saturated heterocycles. The number of aromatic nitrogens is 6. The van der Waals surface area contributed by atoms with E-state index in [0.717, 1.165) is 4.68 Å². The molecule has 192 valence electrons. The molecule has 37 heavy (non-hydrogen) atoms. The van der Waals surface area contributed by atoms with Gasteiger partial charge in [0, 0.05) is 31.2 Å². The van der Waals surface area contributed by atoms with Crippen LogP contribution in [-0.2, 0) is 6.54 Å². The van der Waals surface area contributed by atoms with Gasteiger partial charge in [-0.15, -0.1) is 0 Å². The Morgan fingerprint density at radius 1 is 1.24 bits per heavy atom. The SMILES string of the molecule is C[C@@](O)(CNc1cnn(CC(F)F)c1)[C@H](F)[C@H](NC(=O)c1cccnc1)c1cnc2cc(C#N)cnn12. The van der Waals surface area contributed by atoms with Crippen molar-refractivity contribution in [3.8, 4) is 6.07 Å². The average molecular weight is 513 g/mol. The number of nitriles is 1. The van der Waals surface area contributed by atoms with Gasteiger partial charge in [-0.25, -0.2) is 22.7 Å². The van der Waals surface area contributed by atoms with Crippen LogP contribution in [0.15, 0.2) is 55.4 Å². The maximum Gasteiger partial charge on any atom is 0.257 e. The van der Waals surface area contributed by atoms with Crippen molar-refractivity contribution in [1.29, 1.82) is 5.26 Å². The number of carbonyl (C=O) groups excluding carboxylic acids is 1. The highest BCUT2D eigenvalue weighted by atomic mass is 19.3. The van der Waals surface area contributed by atoms with Crippen LogP contribution in [0.1, 0.15) is 34.6 Å². The minimum absolute atomic E-state index is 0.120. The molecule has 11 nitrogen and oxygen atoms in total. The Morgan fingerprint density at radius 2 is 2.05 bits per heavy atom. The number of carbonyl (C=O) groups is 1. The van der Waals surface area contributed by atoms with E-state index in [1.807, 2.05) is 6.07 Å². The first-order valence-corrected chi connectivity index (χ1v) is 11.0. The van der Waals surface area contributed by atoms with E-state index in [0.29, 0.717) is 5.69 Å². The second-order valence-corrected chi connectivity index (χ2v) is 8.46. The number of nitrogens with zero attached hydrogens (tertiary/aromatic N) is 7. The maximum absolute atomic E-state index is 16.1. The number of imidazole rings is 1. The van der Waals surface area contributed by atoms with E-state index in [9.17, 15) is 18.7 Å². The number of pyridine rings is 1. The third kappa shape index (κ3) is 5.84. The zero-order chi connectivity index (χ0) is 26.6. The van der Waals surface area contributed by atoms with Crippen LogP contribution >= 0.6 is 0 Å². The highest BCUT2D eigenvalue weighted by Gasteiger charge is 2.41. The zero-order valence-electron chi connectivity index (χ0n) is 19.5. The standard InChI is InChI=1S/C23H22F3N9O2/c1-23(37,13-30-16-9-31-34(11-16)12-18(24)25)21(26)20(33-22(36)15-3-2-4-28-8-15)17-10-29-19-5-14(6-27)7-32-35(17)19/h2-5,7-11,18,20-21,30,37H,12-13H2,1H3,(H,33,36)/t20-,21-,23-/m1/s1. The van der Waals surface area contributed by atoms with Gasteiger partial charge in [-0.05, 0) is 19.1 Å². The van der Waals surface area contributed by atoms with Crippen molar-refractivity contribution in [3.63, 3.8) is 0 Å². The van der Waals surface area contributed by atoms with E-state index in [2.05, 4.69) is 30.8 Å². The van der Waals surface area contributed by atoms with Crippen molar-refractivity contribution in [2.45, 2.75) is 37.7 Å². The van der Waals surface area contributed by atoms with Gasteiger partial charge in [0.15, 0.2) is 11.8 Å². The molecule has 0 fully saturated rings. The summed E-state index contributed by atoms with van der Waals surface area (Å²) >= 11 is 0. The number of anilines is 1. The number of hydrogen-bond donors (Lipinski definition) is 3. The van der Waals surface area contributed by atoms with Crippen LogP contribution in [0.25, 0.3) is 5.65 Å². The first-order valence-electron chi connectivity index (χ1n) is 11.0. The van der Waals surface area contributed by atoms with Crippen LogP contribution in [0.5, 0.6) is 0 Å². The number of nitrogens with one attached hydrogen (secondary N) is 2. The lowest BCUT2D eigenvalue weighted by Crippen LogP contribution is -2.50. The lowest BCUT2D eigenvalue weighted by atomic mass is 9.92. The van der Waals surface area contributed by atoms with Gasteiger partial charge < -0.3 is 15.7 Å². The molecule has 1 amide bonds. The summed E-state index contributed by atoms with van der Waals surface area (Å²) in [5.41, 5.74) is -1.02. The molecule has 0 aromatic carbocycles. The van der Waals surface area contributed by atoms with Gasteiger partial charge >= 0.3 is 0 Å². The first-order chi connectivity index (χ1) is 17.7. The third-order valence-electron chi connectivity index (χ3n) is 5.54. The van der Waals surface area contributed by atoms with Crippen LogP contribution in [0.2, 0.25) is 0 Å². The molecule has 3 N–H and O–H groups in total. The normalized spacial score (nSPS) is 14.6. The molecule has 0 bridgehead atoms. The van der Waals surface area contributed by atoms with Crippen molar-refractivity contribution in [3.05, 3.63) is 72.2 Å². The van der Waals surface area contributed by atoms with Crippen molar-refractivity contribution < 1.29 is 23.1 Å². The zero-order valence-corrected chi connectivity index (χ0v) is 19.5. The summed E-state index contributed by atoms with van der Waals surface area (Å²) in [6.45, 7) is 0.263. The maximum atomic E-state index is 16.1. The fraction of sp³-hybridized carbons (Fsp3) is 0.304. The summed E-state index contributed by atoms with van der Waals surface area (Å²) in [4.78, 5) is 21.0. The van der Waals surface area contributed by atoms with Crippen molar-refractivity contribution in [1.82, 2.24) is 34.7 Å². The monoisotopic (exact) mass is 513 g/mol. The molecule has 0 unspecified atom stereocenters. The lowest BCUT2D eigenvalue weighted by molar-refractivity contribution is -0.0253. The molecule has 4 rings (SSSR count). The predicted molar refractivity (Wildman–Crippen MR) is 124 cm³/mol. The van der Waals surface area contributed by atoms with Gasteiger partial charge in [0.1, 0.15) is 24.3 Å². The number of halogens is 3. The van der Waals surface area contributed by atoms with Crippen molar-refractivity contribution in [2.75, 3.05) is 11.9 Å². The molecular formula is C23H22F3N9O2. The molecule has 4 aromatic rings. The molecule has 0 saturated carbocycles. The summed E-state index contributed by atoms with van der Waals surface area (Å²) in [5.74, 6) is -0.652. The molecular weight excluding hydrogens is 491 g/mol. The topological polar surface area (TPSA) is 146 Å². The first kappa shape index (κ1) is 25.6. The fourth-order valence-electron chi connectivity index (χ4n) is 3.62. The molecule has 0 radical (unpaired) electrons. The van der Waals surface area contributed by atoms with Crippen molar-refractivity contribution in [2.24, 2.45) is 0 Å². The van der Waals surface area contributed by atoms with Gasteiger partial charge in [-0.2, -0.15) is 15.5 Å². The van der Waals surface area contributed by atoms with E-state index in [1.165, 1.54) is 60.8 Å². The summed E-state index contributed by atoms with van der Waals surface area (Å²) in [6, 6.07) is 5.00. The van der Waals surface area contributed by atoms with Crippen molar-refractivity contribution >= 4 is 17.2 Å².